The first-order chi connectivity index (χ1) is 38.2. The minimum atomic E-state index is 0.892. The van der Waals surface area contributed by atoms with Gasteiger partial charge in [-0.25, -0.2) is 0 Å². The lowest BCUT2D eigenvalue weighted by molar-refractivity contribution is 0.674. The Bertz CT molecular complexity index is 4450. The predicted molar refractivity (Wildman–Crippen MR) is 325 cm³/mol. The van der Waals surface area contributed by atoms with E-state index < -0.39 is 0 Å². The summed E-state index contributed by atoms with van der Waals surface area (Å²) in [6.45, 7) is 0. The summed E-state index contributed by atoms with van der Waals surface area (Å²) >= 11 is 0. The summed E-state index contributed by atoms with van der Waals surface area (Å²) in [5.74, 6) is 0. The van der Waals surface area contributed by atoms with Gasteiger partial charge >= 0.3 is 0 Å². The number of furan rings is 1. The molecule has 0 aliphatic heterocycles. The van der Waals surface area contributed by atoms with Gasteiger partial charge in [-0.15, -0.1) is 0 Å². The van der Waals surface area contributed by atoms with Gasteiger partial charge in [0.15, 0.2) is 0 Å². The maximum atomic E-state index is 6.84. The van der Waals surface area contributed by atoms with Gasteiger partial charge in [-0.1, -0.05) is 231 Å². The molecule has 14 aromatic rings. The van der Waals surface area contributed by atoms with Crippen LogP contribution in [0.1, 0.15) is 0 Å². The Labute approximate surface area is 448 Å². The van der Waals surface area contributed by atoms with Gasteiger partial charge in [0.1, 0.15) is 11.2 Å². The van der Waals surface area contributed by atoms with Crippen LogP contribution in [0.2, 0.25) is 0 Å². The molecule has 0 atom stereocenters. The zero-order valence-corrected chi connectivity index (χ0v) is 42.2. The second-order valence-corrected chi connectivity index (χ2v) is 19.6. The molecular formula is C74H50N2O. The summed E-state index contributed by atoms with van der Waals surface area (Å²) in [6.07, 6.45) is 0. The summed E-state index contributed by atoms with van der Waals surface area (Å²) in [4.78, 5) is 4.84. The lowest BCUT2D eigenvalue weighted by Gasteiger charge is -2.31. The number of nitrogens with zero attached hydrogens (tertiary/aromatic N) is 2. The van der Waals surface area contributed by atoms with Crippen LogP contribution in [-0.4, -0.2) is 0 Å². The zero-order chi connectivity index (χ0) is 51.1. The molecule has 0 fully saturated rings. The van der Waals surface area contributed by atoms with Crippen LogP contribution in [0.4, 0.5) is 34.1 Å². The molecule has 3 heteroatoms. The average molecular weight is 983 g/mol. The van der Waals surface area contributed by atoms with Crippen molar-refractivity contribution in [3.05, 3.63) is 303 Å². The van der Waals surface area contributed by atoms with E-state index in [9.17, 15) is 0 Å². The highest BCUT2D eigenvalue weighted by molar-refractivity contribution is 6.17. The average Bonchev–Trinajstić information content (AvgIpc) is 3.93. The van der Waals surface area contributed by atoms with Crippen LogP contribution in [0.3, 0.4) is 0 Å². The summed E-state index contributed by atoms with van der Waals surface area (Å²) < 4.78 is 6.84. The molecule has 0 unspecified atom stereocenters. The first kappa shape index (κ1) is 45.4. The van der Waals surface area contributed by atoms with Crippen molar-refractivity contribution in [2.24, 2.45) is 0 Å². The second kappa shape index (κ2) is 19.6. The summed E-state index contributed by atoms with van der Waals surface area (Å²) in [7, 11) is 0. The highest BCUT2D eigenvalue weighted by atomic mass is 16.3. The van der Waals surface area contributed by atoms with Crippen molar-refractivity contribution in [2.45, 2.75) is 0 Å². The molecule has 0 saturated carbocycles. The number of para-hydroxylation sites is 3. The smallest absolute Gasteiger partial charge is 0.143 e. The van der Waals surface area contributed by atoms with E-state index in [4.69, 9.17) is 4.42 Å². The predicted octanol–water partition coefficient (Wildman–Crippen LogP) is 21.2. The van der Waals surface area contributed by atoms with Crippen LogP contribution < -0.4 is 9.80 Å². The van der Waals surface area contributed by atoms with Crippen molar-refractivity contribution in [1.29, 1.82) is 0 Å². The van der Waals surface area contributed by atoms with Crippen LogP contribution in [-0.2, 0) is 0 Å². The molecule has 77 heavy (non-hydrogen) atoms. The molecule has 1 aromatic heterocycles. The van der Waals surface area contributed by atoms with E-state index in [1.54, 1.807) is 0 Å². The monoisotopic (exact) mass is 982 g/mol. The fraction of sp³-hybridized carbons (Fsp3) is 0. The number of rotatable bonds is 11. The second-order valence-electron chi connectivity index (χ2n) is 19.6. The van der Waals surface area contributed by atoms with Gasteiger partial charge in [0, 0.05) is 55.6 Å². The van der Waals surface area contributed by atoms with E-state index >= 15 is 0 Å². The quantitative estimate of drug-likeness (QED) is 0.129. The number of benzene rings is 13. The van der Waals surface area contributed by atoms with Crippen molar-refractivity contribution in [2.75, 3.05) is 9.80 Å². The maximum Gasteiger partial charge on any atom is 0.143 e. The third-order valence-electron chi connectivity index (χ3n) is 15.0. The van der Waals surface area contributed by atoms with Gasteiger partial charge < -0.3 is 14.2 Å². The van der Waals surface area contributed by atoms with Crippen LogP contribution >= 0.6 is 0 Å². The molecular weight excluding hydrogens is 933 g/mol. The molecule has 0 spiro atoms. The van der Waals surface area contributed by atoms with E-state index in [2.05, 4.69) is 313 Å². The number of fused-ring (bicyclic) bond motifs is 6. The Hall–Kier alpha value is -10.2. The Kier molecular flexibility index (Phi) is 11.5. The fourth-order valence-corrected chi connectivity index (χ4v) is 11.3. The molecule has 0 radical (unpaired) electrons. The van der Waals surface area contributed by atoms with Gasteiger partial charge in [-0.3, -0.25) is 0 Å². The maximum absolute atomic E-state index is 6.84. The van der Waals surface area contributed by atoms with Crippen LogP contribution in [0.5, 0.6) is 0 Å². The molecule has 14 rings (SSSR count). The molecule has 0 aliphatic carbocycles. The van der Waals surface area contributed by atoms with Gasteiger partial charge in [-0.05, 0) is 128 Å². The lowest BCUT2D eigenvalue weighted by atomic mass is 9.97. The largest absolute Gasteiger partial charge is 0.455 e. The topological polar surface area (TPSA) is 19.6 Å². The van der Waals surface area contributed by atoms with E-state index in [0.29, 0.717) is 0 Å². The van der Waals surface area contributed by atoms with Crippen LogP contribution in [0.15, 0.2) is 308 Å². The Balaban J connectivity index is 0.929. The normalized spacial score (nSPS) is 11.4. The van der Waals surface area contributed by atoms with Gasteiger partial charge in [0.2, 0.25) is 0 Å². The molecule has 0 N–H and O–H groups in total. The van der Waals surface area contributed by atoms with Crippen LogP contribution in [0, 0.1) is 0 Å². The van der Waals surface area contributed by atoms with Gasteiger partial charge in [0.25, 0.3) is 0 Å². The van der Waals surface area contributed by atoms with E-state index in [-0.39, 0.29) is 0 Å². The minimum absolute atomic E-state index is 0.892. The molecule has 0 saturated heterocycles. The molecule has 0 bridgehead atoms. The van der Waals surface area contributed by atoms with Crippen LogP contribution in [0.25, 0.3) is 99.1 Å². The molecule has 0 amide bonds. The van der Waals surface area contributed by atoms with Crippen molar-refractivity contribution in [1.82, 2.24) is 0 Å². The van der Waals surface area contributed by atoms with Crippen molar-refractivity contribution < 1.29 is 4.42 Å². The van der Waals surface area contributed by atoms with E-state index in [1.807, 2.05) is 0 Å². The van der Waals surface area contributed by atoms with Gasteiger partial charge in [-0.2, -0.15) is 0 Å². The van der Waals surface area contributed by atoms with E-state index in [0.717, 1.165) is 100 Å². The fourth-order valence-electron chi connectivity index (χ4n) is 11.3. The molecule has 362 valence electrons. The standard InChI is InChI=1S/C74H50N2O/c1-4-19-51(20-5-1)56-26-16-28-62(48-56)75(61-43-39-55(40-44-61)66-33-18-34-69-70-46-42-54-25-10-11-30-65(54)74(70)77-73(66)69)71-35-14-12-31-67(71)68-32-13-15-36-72(68)76(63-29-17-27-57(49-63)52-21-6-2-7-22-52)64-45-41-59-47-58(37-38-60(59)50-64)53-23-8-3-9-24-53/h1-50H. The first-order valence-corrected chi connectivity index (χ1v) is 26.3. The zero-order valence-electron chi connectivity index (χ0n) is 42.2. The number of hydrogen-bond donors (Lipinski definition) is 0. The third-order valence-corrected chi connectivity index (χ3v) is 15.0. The summed E-state index contributed by atoms with van der Waals surface area (Å²) in [5.41, 5.74) is 19.5. The molecule has 1 heterocycles. The van der Waals surface area contributed by atoms with Crippen molar-refractivity contribution in [3.8, 4) is 55.6 Å². The van der Waals surface area contributed by atoms with Crippen molar-refractivity contribution >= 4 is 77.6 Å². The first-order valence-electron chi connectivity index (χ1n) is 26.3. The highest BCUT2D eigenvalue weighted by Gasteiger charge is 2.24. The van der Waals surface area contributed by atoms with Gasteiger partial charge in [0.05, 0.1) is 11.4 Å². The Morgan fingerprint density at radius 3 is 1.26 bits per heavy atom. The SMILES string of the molecule is c1ccc(-c2cccc(N(c3ccc(-c4cccc5c4oc4c6ccccc6ccc54)cc3)c3ccccc3-c3ccccc3N(c3cccc(-c4ccccc4)c3)c3ccc4cc(-c5ccccc5)ccc4c3)c2)cc1. The Morgan fingerprint density at radius 1 is 0.208 bits per heavy atom. The number of anilines is 6. The molecule has 13 aromatic carbocycles. The Morgan fingerprint density at radius 2 is 0.623 bits per heavy atom. The summed E-state index contributed by atoms with van der Waals surface area (Å²) in [6, 6.07) is 109. The highest BCUT2D eigenvalue weighted by Crippen LogP contribution is 2.48. The summed E-state index contributed by atoms with van der Waals surface area (Å²) in [5, 5.41) is 6.88. The number of hydrogen-bond acceptors (Lipinski definition) is 3. The third kappa shape index (κ3) is 8.47. The van der Waals surface area contributed by atoms with Crippen molar-refractivity contribution in [3.63, 3.8) is 0 Å². The molecule has 3 nitrogen and oxygen atoms in total. The lowest BCUT2D eigenvalue weighted by Crippen LogP contribution is -2.14. The molecule has 0 aliphatic rings. The minimum Gasteiger partial charge on any atom is -0.455 e. The van der Waals surface area contributed by atoms with E-state index in [1.165, 1.54) is 32.8 Å².